The summed E-state index contributed by atoms with van der Waals surface area (Å²) < 4.78 is 43.2. The maximum absolute atomic E-state index is 13.3. The molecule has 3 rings (SSSR count). The van der Waals surface area contributed by atoms with Gasteiger partial charge < -0.3 is 19.5 Å². The molecule has 2 fully saturated rings. The average molecular weight is 469 g/mol. The molecule has 1 aliphatic heterocycles. The average Bonchev–Trinajstić information content (AvgIpc) is 3.32. The molecule has 1 saturated carbocycles. The highest BCUT2D eigenvalue weighted by Gasteiger charge is 2.40. The number of nitrogens with zero attached hydrogens (tertiary/aromatic N) is 1. The fourth-order valence-corrected chi connectivity index (χ4v) is 6.34. The number of rotatable bonds is 8. The van der Waals surface area contributed by atoms with Crippen LogP contribution in [-0.4, -0.2) is 65.1 Å². The predicted molar refractivity (Wildman–Crippen MR) is 117 cm³/mol. The maximum atomic E-state index is 13.3. The minimum absolute atomic E-state index is 0.00235. The molecule has 1 amide bonds. The summed E-state index contributed by atoms with van der Waals surface area (Å²) >= 11 is 0. The van der Waals surface area contributed by atoms with E-state index >= 15 is 0 Å². The minimum Gasteiger partial charge on any atom is -0.493 e. The molecule has 0 bridgehead atoms. The van der Waals surface area contributed by atoms with Gasteiger partial charge in [-0.15, -0.1) is 0 Å². The van der Waals surface area contributed by atoms with E-state index in [1.54, 1.807) is 0 Å². The van der Waals surface area contributed by atoms with Crippen LogP contribution >= 0.6 is 0 Å². The number of benzene rings is 1. The van der Waals surface area contributed by atoms with Gasteiger partial charge in [0.2, 0.25) is 15.9 Å². The van der Waals surface area contributed by atoms with Gasteiger partial charge in [0, 0.05) is 19.2 Å². The number of nitrogens with one attached hydrogen (secondary N) is 1. The SMILES string of the molecule is COC(=O)C1CCCCC1CNC(=O)C1CCCN1S(=O)(=O)c1ccc(OC)c(OC)c1. The Bertz CT molecular complexity index is 934. The first-order valence-corrected chi connectivity index (χ1v) is 12.4. The predicted octanol–water partition coefficient (Wildman–Crippen LogP) is 1.95. The van der Waals surface area contributed by atoms with Crippen LogP contribution < -0.4 is 14.8 Å². The molecule has 3 atom stereocenters. The van der Waals surface area contributed by atoms with Crippen LogP contribution in [0.15, 0.2) is 23.1 Å². The zero-order valence-corrected chi connectivity index (χ0v) is 19.7. The van der Waals surface area contributed by atoms with Gasteiger partial charge in [0.15, 0.2) is 11.5 Å². The number of ether oxygens (including phenoxy) is 3. The molecule has 178 valence electrons. The van der Waals surface area contributed by atoms with Crippen LogP contribution in [0.25, 0.3) is 0 Å². The Morgan fingerprint density at radius 1 is 1.03 bits per heavy atom. The summed E-state index contributed by atoms with van der Waals surface area (Å²) in [7, 11) is 0.392. The molecule has 2 aliphatic rings. The summed E-state index contributed by atoms with van der Waals surface area (Å²) in [5.74, 6) is -0.0837. The van der Waals surface area contributed by atoms with Crippen molar-refractivity contribution in [2.75, 3.05) is 34.4 Å². The largest absolute Gasteiger partial charge is 0.493 e. The maximum Gasteiger partial charge on any atom is 0.309 e. The zero-order chi connectivity index (χ0) is 23.3. The summed E-state index contributed by atoms with van der Waals surface area (Å²) in [6.07, 6.45) is 4.58. The van der Waals surface area contributed by atoms with E-state index in [1.165, 1.54) is 43.8 Å². The van der Waals surface area contributed by atoms with Crippen molar-refractivity contribution in [3.63, 3.8) is 0 Å². The van der Waals surface area contributed by atoms with Gasteiger partial charge in [-0.3, -0.25) is 9.59 Å². The van der Waals surface area contributed by atoms with Crippen LogP contribution in [0.2, 0.25) is 0 Å². The van der Waals surface area contributed by atoms with Gasteiger partial charge in [0.05, 0.1) is 32.1 Å². The van der Waals surface area contributed by atoms with E-state index in [1.807, 2.05) is 0 Å². The van der Waals surface area contributed by atoms with Gasteiger partial charge in [-0.25, -0.2) is 8.42 Å². The molecule has 10 heteroatoms. The summed E-state index contributed by atoms with van der Waals surface area (Å²) in [4.78, 5) is 25.1. The van der Waals surface area contributed by atoms with Crippen LogP contribution in [0.3, 0.4) is 0 Å². The number of hydrogen-bond donors (Lipinski definition) is 1. The summed E-state index contributed by atoms with van der Waals surface area (Å²) in [5.41, 5.74) is 0. The van der Waals surface area contributed by atoms with Gasteiger partial charge in [-0.05, 0) is 43.7 Å². The Balaban J connectivity index is 1.71. The Hall–Kier alpha value is -2.33. The lowest BCUT2D eigenvalue weighted by Crippen LogP contribution is -2.48. The second kappa shape index (κ2) is 10.5. The minimum atomic E-state index is -3.90. The van der Waals surface area contributed by atoms with Crippen molar-refractivity contribution in [2.24, 2.45) is 11.8 Å². The topological polar surface area (TPSA) is 111 Å². The van der Waals surface area contributed by atoms with Crippen molar-refractivity contribution in [3.8, 4) is 11.5 Å². The first kappa shape index (κ1) is 24.3. The Morgan fingerprint density at radius 3 is 2.44 bits per heavy atom. The number of carbonyl (C=O) groups is 2. The highest BCUT2D eigenvalue weighted by Crippen LogP contribution is 2.34. The number of esters is 1. The van der Waals surface area contributed by atoms with E-state index in [2.05, 4.69) is 5.32 Å². The molecule has 3 unspecified atom stereocenters. The number of sulfonamides is 1. The summed E-state index contributed by atoms with van der Waals surface area (Å²) in [5, 5.41) is 2.90. The van der Waals surface area contributed by atoms with Gasteiger partial charge >= 0.3 is 5.97 Å². The molecule has 1 saturated heterocycles. The fraction of sp³-hybridized carbons (Fsp3) is 0.636. The molecular formula is C22H32N2O7S. The zero-order valence-electron chi connectivity index (χ0n) is 18.8. The standard InChI is InChI=1S/C22H32N2O7S/c1-29-19-11-10-16(13-20(19)30-2)32(27,28)24-12-6-9-18(24)21(25)23-14-15-7-4-5-8-17(15)22(26)31-3/h10-11,13,15,17-18H,4-9,12,14H2,1-3H3,(H,23,25). The van der Waals surface area contributed by atoms with E-state index in [9.17, 15) is 18.0 Å². The van der Waals surface area contributed by atoms with Crippen molar-refractivity contribution < 1.29 is 32.2 Å². The number of methoxy groups -OCH3 is 3. The molecule has 0 spiro atoms. The first-order valence-electron chi connectivity index (χ1n) is 10.9. The van der Waals surface area contributed by atoms with Crippen LogP contribution in [0, 0.1) is 11.8 Å². The number of amides is 1. The summed E-state index contributed by atoms with van der Waals surface area (Å²) in [6, 6.07) is 3.61. The molecule has 1 heterocycles. The summed E-state index contributed by atoms with van der Waals surface area (Å²) in [6.45, 7) is 0.600. The van der Waals surface area contributed by atoms with Gasteiger partial charge in [0.1, 0.15) is 6.04 Å². The third kappa shape index (κ3) is 5.01. The van der Waals surface area contributed by atoms with E-state index in [0.29, 0.717) is 30.9 Å². The lowest BCUT2D eigenvalue weighted by Gasteiger charge is -2.30. The molecule has 9 nitrogen and oxygen atoms in total. The molecule has 0 aromatic heterocycles. The van der Waals surface area contributed by atoms with Crippen LogP contribution in [-0.2, 0) is 24.3 Å². The van der Waals surface area contributed by atoms with Crippen molar-refractivity contribution in [3.05, 3.63) is 18.2 Å². The van der Waals surface area contributed by atoms with E-state index in [-0.39, 0.29) is 35.2 Å². The molecule has 1 aromatic rings. The van der Waals surface area contributed by atoms with Crippen molar-refractivity contribution in [1.82, 2.24) is 9.62 Å². The van der Waals surface area contributed by atoms with Gasteiger partial charge in [-0.2, -0.15) is 4.31 Å². The molecular weight excluding hydrogens is 436 g/mol. The second-order valence-corrected chi connectivity index (χ2v) is 10.1. The van der Waals surface area contributed by atoms with Crippen LogP contribution in [0.1, 0.15) is 38.5 Å². The molecule has 32 heavy (non-hydrogen) atoms. The normalized spacial score (nSPS) is 24.0. The monoisotopic (exact) mass is 468 g/mol. The van der Waals surface area contributed by atoms with Crippen LogP contribution in [0.4, 0.5) is 0 Å². The van der Waals surface area contributed by atoms with E-state index in [0.717, 1.165) is 25.7 Å². The Labute approximate surface area is 189 Å². The van der Waals surface area contributed by atoms with Crippen molar-refractivity contribution >= 4 is 21.9 Å². The third-order valence-electron chi connectivity index (χ3n) is 6.42. The second-order valence-electron chi connectivity index (χ2n) is 8.21. The molecule has 1 N–H and O–H groups in total. The smallest absolute Gasteiger partial charge is 0.309 e. The first-order chi connectivity index (χ1) is 15.3. The van der Waals surface area contributed by atoms with Crippen LogP contribution in [0.5, 0.6) is 11.5 Å². The third-order valence-corrected chi connectivity index (χ3v) is 8.32. The van der Waals surface area contributed by atoms with E-state index in [4.69, 9.17) is 14.2 Å². The van der Waals surface area contributed by atoms with Gasteiger partial charge in [0.25, 0.3) is 0 Å². The quantitative estimate of drug-likeness (QED) is 0.581. The van der Waals surface area contributed by atoms with Gasteiger partial charge in [-0.1, -0.05) is 12.8 Å². The van der Waals surface area contributed by atoms with E-state index < -0.39 is 16.1 Å². The lowest BCUT2D eigenvalue weighted by molar-refractivity contribution is -0.148. The Morgan fingerprint density at radius 2 is 1.75 bits per heavy atom. The molecule has 1 aliphatic carbocycles. The highest BCUT2D eigenvalue weighted by molar-refractivity contribution is 7.89. The molecule has 0 radical (unpaired) electrons. The van der Waals surface area contributed by atoms with Crippen molar-refractivity contribution in [2.45, 2.75) is 49.5 Å². The molecule has 1 aromatic carbocycles. The highest BCUT2D eigenvalue weighted by atomic mass is 32.2. The lowest BCUT2D eigenvalue weighted by atomic mass is 9.79. The fourth-order valence-electron chi connectivity index (χ4n) is 4.67. The number of hydrogen-bond acceptors (Lipinski definition) is 7. The van der Waals surface area contributed by atoms with Crippen molar-refractivity contribution in [1.29, 1.82) is 0 Å². The number of carbonyl (C=O) groups excluding carboxylic acids is 2. The Kier molecular flexibility index (Phi) is 8.00.